The molecule has 0 aliphatic carbocycles. The molecule has 1 aromatic carbocycles. The Bertz CT molecular complexity index is 704. The lowest BCUT2D eigenvalue weighted by Crippen LogP contribution is -2.32. The van der Waals surface area contributed by atoms with Gasteiger partial charge in [0.05, 0.1) is 10.5 Å². The molecular formula is C17H25NO6S. The SMILES string of the molecule is CCC(C)NS(=O)(=O)c1ccc(C(=O)OCC(=O)OC(C)(C)C)cc1. The van der Waals surface area contributed by atoms with Crippen molar-refractivity contribution in [2.45, 2.75) is 57.6 Å². The first-order valence-corrected chi connectivity index (χ1v) is 9.44. The highest BCUT2D eigenvalue weighted by Gasteiger charge is 2.20. The summed E-state index contributed by atoms with van der Waals surface area (Å²) in [5, 5.41) is 0. The second kappa shape index (κ2) is 8.44. The van der Waals surface area contributed by atoms with Crippen LogP contribution in [0.1, 0.15) is 51.4 Å². The maximum absolute atomic E-state index is 12.1. The third kappa shape index (κ3) is 7.23. The summed E-state index contributed by atoms with van der Waals surface area (Å²) in [4.78, 5) is 23.5. The van der Waals surface area contributed by atoms with E-state index in [1.165, 1.54) is 24.3 Å². The third-order valence-corrected chi connectivity index (χ3v) is 4.72. The van der Waals surface area contributed by atoms with Crippen LogP contribution in [0.3, 0.4) is 0 Å². The molecule has 0 aliphatic heterocycles. The normalized spacial score (nSPS) is 13.2. The van der Waals surface area contributed by atoms with Crippen LogP contribution < -0.4 is 4.72 Å². The smallest absolute Gasteiger partial charge is 0.344 e. The number of nitrogens with one attached hydrogen (secondary N) is 1. The summed E-state index contributed by atoms with van der Waals surface area (Å²) in [6, 6.07) is 5.11. The van der Waals surface area contributed by atoms with Gasteiger partial charge in [0.25, 0.3) is 0 Å². The highest BCUT2D eigenvalue weighted by molar-refractivity contribution is 7.89. The van der Waals surface area contributed by atoms with Gasteiger partial charge in [-0.3, -0.25) is 0 Å². The number of hydrogen-bond acceptors (Lipinski definition) is 6. The van der Waals surface area contributed by atoms with E-state index in [-0.39, 0.29) is 16.5 Å². The molecule has 0 spiro atoms. The number of esters is 2. The van der Waals surface area contributed by atoms with Crippen molar-refractivity contribution in [2.75, 3.05) is 6.61 Å². The van der Waals surface area contributed by atoms with Gasteiger partial charge < -0.3 is 9.47 Å². The molecule has 0 aliphatic rings. The van der Waals surface area contributed by atoms with Crippen molar-refractivity contribution in [1.82, 2.24) is 4.72 Å². The Morgan fingerprint density at radius 1 is 1.16 bits per heavy atom. The van der Waals surface area contributed by atoms with Crippen LogP contribution in [0.15, 0.2) is 29.2 Å². The van der Waals surface area contributed by atoms with Crippen LogP contribution in [0, 0.1) is 0 Å². The minimum absolute atomic E-state index is 0.0523. The molecule has 8 heteroatoms. The van der Waals surface area contributed by atoms with Crippen molar-refractivity contribution >= 4 is 22.0 Å². The van der Waals surface area contributed by atoms with E-state index < -0.39 is 34.2 Å². The second-order valence-electron chi connectivity index (χ2n) is 6.62. The number of benzene rings is 1. The molecule has 25 heavy (non-hydrogen) atoms. The van der Waals surface area contributed by atoms with Crippen molar-refractivity contribution in [3.63, 3.8) is 0 Å². The van der Waals surface area contributed by atoms with Gasteiger partial charge in [0, 0.05) is 6.04 Å². The van der Waals surface area contributed by atoms with Gasteiger partial charge in [0.15, 0.2) is 6.61 Å². The van der Waals surface area contributed by atoms with Gasteiger partial charge in [-0.2, -0.15) is 0 Å². The van der Waals surface area contributed by atoms with Crippen LogP contribution in [0.25, 0.3) is 0 Å². The van der Waals surface area contributed by atoms with Gasteiger partial charge >= 0.3 is 11.9 Å². The molecule has 0 aromatic heterocycles. The summed E-state index contributed by atoms with van der Waals surface area (Å²) >= 11 is 0. The molecule has 0 bridgehead atoms. The zero-order valence-corrected chi connectivity index (χ0v) is 16.0. The molecule has 0 radical (unpaired) electrons. The molecule has 140 valence electrons. The van der Waals surface area contributed by atoms with Crippen LogP contribution >= 0.6 is 0 Å². The first-order chi connectivity index (χ1) is 11.4. The Morgan fingerprint density at radius 3 is 2.20 bits per heavy atom. The Morgan fingerprint density at radius 2 is 1.72 bits per heavy atom. The standard InChI is InChI=1S/C17H25NO6S/c1-6-12(2)18-25(21,22)14-9-7-13(8-10-14)16(20)23-11-15(19)24-17(3,4)5/h7-10,12,18H,6,11H2,1-5H3. The van der Waals surface area contributed by atoms with Gasteiger partial charge in [0.2, 0.25) is 10.0 Å². The lowest BCUT2D eigenvalue weighted by atomic mass is 10.2. The van der Waals surface area contributed by atoms with E-state index >= 15 is 0 Å². The molecule has 7 nitrogen and oxygen atoms in total. The zero-order chi connectivity index (χ0) is 19.3. The molecule has 1 unspecified atom stereocenters. The molecule has 0 heterocycles. The van der Waals surface area contributed by atoms with E-state index in [1.807, 2.05) is 6.92 Å². The van der Waals surface area contributed by atoms with Crippen LogP contribution in [0.4, 0.5) is 0 Å². The summed E-state index contributed by atoms with van der Waals surface area (Å²) in [5.74, 6) is -1.39. The summed E-state index contributed by atoms with van der Waals surface area (Å²) in [7, 11) is -3.64. The van der Waals surface area contributed by atoms with Gasteiger partial charge in [-0.05, 0) is 58.4 Å². The molecule has 0 saturated heterocycles. The number of hydrogen-bond donors (Lipinski definition) is 1. The van der Waals surface area contributed by atoms with Gasteiger partial charge in [-0.25, -0.2) is 22.7 Å². The number of sulfonamides is 1. The van der Waals surface area contributed by atoms with Crippen molar-refractivity contribution in [2.24, 2.45) is 0 Å². The molecule has 1 aromatic rings. The predicted molar refractivity (Wildman–Crippen MR) is 92.6 cm³/mol. The first kappa shape index (κ1) is 21.1. The highest BCUT2D eigenvalue weighted by atomic mass is 32.2. The van der Waals surface area contributed by atoms with E-state index in [9.17, 15) is 18.0 Å². The Balaban J connectivity index is 2.70. The minimum atomic E-state index is -3.64. The Kier molecular flexibility index (Phi) is 7.13. The average molecular weight is 371 g/mol. The summed E-state index contributed by atoms with van der Waals surface area (Å²) in [6.07, 6.45) is 0.661. The molecule has 1 atom stereocenters. The maximum atomic E-state index is 12.1. The van der Waals surface area contributed by atoms with Gasteiger partial charge in [-0.1, -0.05) is 6.92 Å². The van der Waals surface area contributed by atoms with Gasteiger partial charge in [0.1, 0.15) is 5.60 Å². The van der Waals surface area contributed by atoms with Crippen LogP contribution in [-0.2, 0) is 24.3 Å². The molecular weight excluding hydrogens is 346 g/mol. The topological polar surface area (TPSA) is 98.8 Å². The fourth-order valence-electron chi connectivity index (χ4n) is 1.77. The molecule has 1 N–H and O–H groups in total. The second-order valence-corrected chi connectivity index (χ2v) is 8.33. The fourth-order valence-corrected chi connectivity index (χ4v) is 3.09. The zero-order valence-electron chi connectivity index (χ0n) is 15.2. The number of carbonyl (C=O) groups is 2. The lowest BCUT2D eigenvalue weighted by Gasteiger charge is -2.19. The third-order valence-electron chi connectivity index (χ3n) is 3.11. The molecule has 0 saturated carbocycles. The molecule has 0 amide bonds. The quantitative estimate of drug-likeness (QED) is 0.738. The van der Waals surface area contributed by atoms with Crippen molar-refractivity contribution in [3.05, 3.63) is 29.8 Å². The van der Waals surface area contributed by atoms with Crippen LogP contribution in [0.5, 0.6) is 0 Å². The number of rotatable bonds is 7. The van der Waals surface area contributed by atoms with E-state index in [1.54, 1.807) is 27.7 Å². The number of carbonyl (C=O) groups excluding carboxylic acids is 2. The number of ether oxygens (including phenoxy) is 2. The predicted octanol–water partition coefficient (Wildman–Crippen LogP) is 2.26. The monoisotopic (exact) mass is 371 g/mol. The average Bonchev–Trinajstić information content (AvgIpc) is 2.50. The Hall–Kier alpha value is -1.93. The van der Waals surface area contributed by atoms with E-state index in [2.05, 4.69) is 4.72 Å². The van der Waals surface area contributed by atoms with Crippen molar-refractivity contribution < 1.29 is 27.5 Å². The molecule has 0 fully saturated rings. The largest absolute Gasteiger partial charge is 0.457 e. The van der Waals surface area contributed by atoms with E-state index in [4.69, 9.17) is 9.47 Å². The van der Waals surface area contributed by atoms with E-state index in [0.717, 1.165) is 0 Å². The van der Waals surface area contributed by atoms with Crippen LogP contribution in [-0.4, -0.2) is 38.6 Å². The van der Waals surface area contributed by atoms with Crippen LogP contribution in [0.2, 0.25) is 0 Å². The van der Waals surface area contributed by atoms with E-state index in [0.29, 0.717) is 6.42 Å². The fraction of sp³-hybridized carbons (Fsp3) is 0.529. The lowest BCUT2D eigenvalue weighted by molar-refractivity contribution is -0.158. The first-order valence-electron chi connectivity index (χ1n) is 7.96. The summed E-state index contributed by atoms with van der Waals surface area (Å²) < 4.78 is 36.7. The summed E-state index contributed by atoms with van der Waals surface area (Å²) in [5.41, 5.74) is -0.520. The Labute approximate surface area is 148 Å². The maximum Gasteiger partial charge on any atom is 0.344 e. The summed E-state index contributed by atoms with van der Waals surface area (Å²) in [6.45, 7) is 8.25. The highest BCUT2D eigenvalue weighted by Crippen LogP contribution is 2.13. The van der Waals surface area contributed by atoms with Gasteiger partial charge in [-0.15, -0.1) is 0 Å². The van der Waals surface area contributed by atoms with Crippen molar-refractivity contribution in [1.29, 1.82) is 0 Å². The minimum Gasteiger partial charge on any atom is -0.457 e. The van der Waals surface area contributed by atoms with Crippen molar-refractivity contribution in [3.8, 4) is 0 Å². The molecule has 1 rings (SSSR count).